The number of rotatable bonds is 4. The van der Waals surface area contributed by atoms with E-state index < -0.39 is 34.2 Å². The minimum Gasteiger partial charge on any atom is -0.415 e. The highest BCUT2D eigenvalue weighted by atomic mass is 28.4. The van der Waals surface area contributed by atoms with Crippen molar-refractivity contribution in [2.45, 2.75) is 64.0 Å². The molecular formula is C10H23F3OSi2. The number of hydrogen-bond donors (Lipinski definition) is 0. The maximum atomic E-state index is 12.6. The molecule has 1 nitrogen and oxygen atoms in total. The van der Waals surface area contributed by atoms with E-state index in [1.165, 1.54) is 0 Å². The van der Waals surface area contributed by atoms with Gasteiger partial charge in [-0.15, -0.1) is 0 Å². The van der Waals surface area contributed by atoms with E-state index >= 15 is 0 Å². The van der Waals surface area contributed by atoms with Gasteiger partial charge >= 0.3 is 6.18 Å². The molecule has 0 N–H and O–H groups in total. The summed E-state index contributed by atoms with van der Waals surface area (Å²) in [7, 11) is -4.01. The Bertz CT molecular complexity index is 222. The van der Waals surface area contributed by atoms with Crippen LogP contribution in [-0.2, 0) is 4.43 Å². The normalized spacial score (nSPS) is 18.4. The van der Waals surface area contributed by atoms with E-state index in [-0.39, 0.29) is 0 Å². The van der Waals surface area contributed by atoms with E-state index in [1.807, 2.05) is 39.3 Å². The zero-order valence-corrected chi connectivity index (χ0v) is 13.2. The SMILES string of the molecule is CC(CC(F)(F)F)(O[Si](C)(C)C)[Si](C)(C)C. The van der Waals surface area contributed by atoms with Crippen molar-refractivity contribution in [1.29, 1.82) is 0 Å². The molecule has 0 amide bonds. The van der Waals surface area contributed by atoms with Crippen LogP contribution in [0, 0.1) is 0 Å². The molecule has 0 rings (SSSR count). The summed E-state index contributed by atoms with van der Waals surface area (Å²) in [5.41, 5.74) is 0. The van der Waals surface area contributed by atoms with Gasteiger partial charge in [-0.05, 0) is 26.6 Å². The predicted octanol–water partition coefficient (Wildman–Crippen LogP) is 4.43. The van der Waals surface area contributed by atoms with Crippen LogP contribution >= 0.6 is 0 Å². The Labute approximate surface area is 98.5 Å². The molecule has 0 aliphatic carbocycles. The molecular weight excluding hydrogens is 249 g/mol. The second kappa shape index (κ2) is 4.46. The van der Waals surface area contributed by atoms with Crippen molar-refractivity contribution in [2.24, 2.45) is 0 Å². The highest BCUT2D eigenvalue weighted by molar-refractivity contribution is 6.80. The Kier molecular flexibility index (Phi) is 4.51. The molecule has 0 aromatic rings. The van der Waals surface area contributed by atoms with Crippen molar-refractivity contribution in [1.82, 2.24) is 0 Å². The van der Waals surface area contributed by atoms with Gasteiger partial charge in [0, 0.05) is 0 Å². The van der Waals surface area contributed by atoms with Crippen LogP contribution in [0.1, 0.15) is 13.3 Å². The van der Waals surface area contributed by atoms with E-state index in [4.69, 9.17) is 4.43 Å². The first kappa shape index (κ1) is 16.2. The summed E-state index contributed by atoms with van der Waals surface area (Å²) >= 11 is 0. The van der Waals surface area contributed by atoms with Gasteiger partial charge in [-0.2, -0.15) is 13.2 Å². The summed E-state index contributed by atoms with van der Waals surface area (Å²) in [5, 5.41) is -1.02. The fourth-order valence-electron chi connectivity index (χ4n) is 1.51. The second-order valence-corrected chi connectivity index (χ2v) is 16.5. The first-order chi connectivity index (χ1) is 6.66. The van der Waals surface area contributed by atoms with Gasteiger partial charge in [0.15, 0.2) is 8.32 Å². The van der Waals surface area contributed by atoms with Crippen molar-refractivity contribution in [3.05, 3.63) is 0 Å². The van der Waals surface area contributed by atoms with E-state index in [0.717, 1.165) is 0 Å². The third-order valence-electron chi connectivity index (χ3n) is 2.66. The van der Waals surface area contributed by atoms with Crippen molar-refractivity contribution in [2.75, 3.05) is 0 Å². The zero-order chi connectivity index (χ0) is 13.4. The van der Waals surface area contributed by atoms with Crippen LogP contribution in [0.25, 0.3) is 0 Å². The van der Waals surface area contributed by atoms with Crippen LogP contribution in [-0.4, -0.2) is 27.8 Å². The van der Waals surface area contributed by atoms with Crippen LogP contribution in [0.4, 0.5) is 13.2 Å². The van der Waals surface area contributed by atoms with Crippen LogP contribution in [0.2, 0.25) is 39.3 Å². The summed E-state index contributed by atoms with van der Waals surface area (Å²) in [6.07, 6.45) is -4.99. The van der Waals surface area contributed by atoms with E-state index in [2.05, 4.69) is 0 Å². The maximum absolute atomic E-state index is 12.6. The Morgan fingerprint density at radius 2 is 1.31 bits per heavy atom. The lowest BCUT2D eigenvalue weighted by atomic mass is 10.3. The fourth-order valence-corrected chi connectivity index (χ4v) is 5.81. The lowest BCUT2D eigenvalue weighted by Gasteiger charge is -2.45. The zero-order valence-electron chi connectivity index (χ0n) is 11.2. The first-order valence-electron chi connectivity index (χ1n) is 5.43. The molecule has 0 aliphatic heterocycles. The minimum atomic E-state index is -4.16. The monoisotopic (exact) mass is 272 g/mol. The summed E-state index contributed by atoms with van der Waals surface area (Å²) in [4.78, 5) is 0. The molecule has 98 valence electrons. The molecule has 0 saturated heterocycles. The Hall–Kier alpha value is 0.184. The topological polar surface area (TPSA) is 9.23 Å². The summed E-state index contributed by atoms with van der Waals surface area (Å²) in [6, 6.07) is 0. The van der Waals surface area contributed by atoms with Crippen LogP contribution in [0.15, 0.2) is 0 Å². The van der Waals surface area contributed by atoms with Crippen molar-refractivity contribution in [3.63, 3.8) is 0 Å². The number of hydrogen-bond acceptors (Lipinski definition) is 1. The van der Waals surface area contributed by atoms with Crippen molar-refractivity contribution < 1.29 is 17.6 Å². The Morgan fingerprint density at radius 1 is 0.938 bits per heavy atom. The minimum absolute atomic E-state index is 0.833. The molecule has 16 heavy (non-hydrogen) atoms. The van der Waals surface area contributed by atoms with Crippen LogP contribution in [0.5, 0.6) is 0 Å². The smallest absolute Gasteiger partial charge is 0.391 e. The van der Waals surface area contributed by atoms with E-state index in [1.54, 1.807) is 6.92 Å². The molecule has 0 fully saturated rings. The Balaban J connectivity index is 5.07. The third-order valence-corrected chi connectivity index (χ3v) is 7.37. The summed E-state index contributed by atoms with van der Waals surface area (Å²) in [6.45, 7) is 13.2. The van der Waals surface area contributed by atoms with Gasteiger partial charge in [0.2, 0.25) is 0 Å². The average molecular weight is 272 g/mol. The number of halogens is 3. The van der Waals surface area contributed by atoms with Gasteiger partial charge in [-0.25, -0.2) is 0 Å². The lowest BCUT2D eigenvalue weighted by Crippen LogP contribution is -2.58. The highest BCUT2D eigenvalue weighted by Gasteiger charge is 2.49. The molecule has 0 aromatic heterocycles. The first-order valence-corrected chi connectivity index (χ1v) is 12.3. The summed E-state index contributed by atoms with van der Waals surface area (Å²) in [5.74, 6) is 0. The van der Waals surface area contributed by atoms with E-state index in [0.29, 0.717) is 0 Å². The van der Waals surface area contributed by atoms with Gasteiger partial charge in [0.1, 0.15) is 0 Å². The second-order valence-electron chi connectivity index (χ2n) is 6.49. The average Bonchev–Trinajstić information content (AvgIpc) is 1.72. The fraction of sp³-hybridized carbons (Fsp3) is 1.00. The molecule has 0 aliphatic rings. The van der Waals surface area contributed by atoms with Gasteiger partial charge in [-0.1, -0.05) is 19.6 Å². The molecule has 0 aromatic carbocycles. The lowest BCUT2D eigenvalue weighted by molar-refractivity contribution is -0.157. The van der Waals surface area contributed by atoms with Crippen LogP contribution < -0.4 is 0 Å². The summed E-state index contributed by atoms with van der Waals surface area (Å²) < 4.78 is 43.7. The Morgan fingerprint density at radius 3 is 1.50 bits per heavy atom. The maximum Gasteiger partial charge on any atom is 0.391 e. The third kappa shape index (κ3) is 5.49. The van der Waals surface area contributed by atoms with Gasteiger partial charge in [0.05, 0.1) is 19.7 Å². The van der Waals surface area contributed by atoms with Gasteiger partial charge < -0.3 is 4.43 Å². The van der Waals surface area contributed by atoms with Gasteiger partial charge in [-0.3, -0.25) is 0 Å². The molecule has 6 heteroatoms. The molecule has 0 heterocycles. The predicted molar refractivity (Wildman–Crippen MR) is 66.9 cm³/mol. The molecule has 0 spiro atoms. The largest absolute Gasteiger partial charge is 0.415 e. The van der Waals surface area contributed by atoms with E-state index in [9.17, 15) is 13.2 Å². The molecule has 0 radical (unpaired) electrons. The molecule has 0 bridgehead atoms. The van der Waals surface area contributed by atoms with Crippen LogP contribution in [0.3, 0.4) is 0 Å². The molecule has 0 saturated carbocycles. The van der Waals surface area contributed by atoms with Crippen molar-refractivity contribution >= 4 is 16.4 Å². The number of alkyl halides is 3. The van der Waals surface area contributed by atoms with Gasteiger partial charge in [0.25, 0.3) is 0 Å². The molecule has 1 atom stereocenters. The van der Waals surface area contributed by atoms with Crippen molar-refractivity contribution in [3.8, 4) is 0 Å². The standard InChI is InChI=1S/C10H23F3OSi2/c1-9(15(2,3)4,8-10(11,12)13)14-16(5,6)7/h8H2,1-7H3. The quantitative estimate of drug-likeness (QED) is 0.688. The molecule has 1 unspecified atom stereocenters. The highest BCUT2D eigenvalue weighted by Crippen LogP contribution is 2.38.